The second-order valence-electron chi connectivity index (χ2n) is 6.66. The summed E-state index contributed by atoms with van der Waals surface area (Å²) < 4.78 is 0. The van der Waals surface area contributed by atoms with Crippen LogP contribution < -0.4 is 10.6 Å². The molecule has 0 bridgehead atoms. The molecule has 4 nitrogen and oxygen atoms in total. The Morgan fingerprint density at radius 2 is 1.90 bits per heavy atom. The molecule has 0 aromatic carbocycles. The van der Waals surface area contributed by atoms with Crippen LogP contribution in [0.1, 0.15) is 45.4 Å². The molecule has 1 amide bonds. The van der Waals surface area contributed by atoms with Gasteiger partial charge in [0.15, 0.2) is 0 Å². The average Bonchev–Trinajstić information content (AvgIpc) is 3.25. The van der Waals surface area contributed by atoms with E-state index >= 15 is 0 Å². The lowest BCUT2D eigenvalue weighted by molar-refractivity contribution is -0.120. The molecule has 116 valence electrons. The van der Waals surface area contributed by atoms with E-state index in [0.717, 1.165) is 31.3 Å². The molecule has 2 N–H and O–H groups in total. The molecule has 2 rings (SSSR count). The third-order valence-electron chi connectivity index (χ3n) is 4.52. The first-order valence-corrected chi connectivity index (χ1v) is 8.44. The maximum atomic E-state index is 11.6. The van der Waals surface area contributed by atoms with Crippen LogP contribution in [-0.2, 0) is 4.79 Å². The molecule has 0 aromatic heterocycles. The number of hydrogen-bond acceptors (Lipinski definition) is 3. The van der Waals surface area contributed by atoms with Crippen molar-refractivity contribution in [3.05, 3.63) is 0 Å². The lowest BCUT2D eigenvalue weighted by Crippen LogP contribution is -2.36. The van der Waals surface area contributed by atoms with Gasteiger partial charge in [-0.15, -0.1) is 0 Å². The molecule has 1 saturated heterocycles. The molecule has 1 aliphatic carbocycles. The predicted molar refractivity (Wildman–Crippen MR) is 82.7 cm³/mol. The Labute approximate surface area is 123 Å². The average molecular weight is 281 g/mol. The summed E-state index contributed by atoms with van der Waals surface area (Å²) in [5.41, 5.74) is 0. The largest absolute Gasteiger partial charge is 0.355 e. The van der Waals surface area contributed by atoms with Gasteiger partial charge in [-0.05, 0) is 76.5 Å². The van der Waals surface area contributed by atoms with Gasteiger partial charge in [0, 0.05) is 6.54 Å². The number of unbranched alkanes of at least 4 members (excludes halogenated alkanes) is 1. The Bertz CT molecular complexity index is 283. The van der Waals surface area contributed by atoms with Crippen molar-refractivity contribution in [2.45, 2.75) is 45.4 Å². The van der Waals surface area contributed by atoms with Gasteiger partial charge < -0.3 is 15.5 Å². The second kappa shape index (κ2) is 8.63. The molecule has 2 fully saturated rings. The maximum Gasteiger partial charge on any atom is 0.233 e. The maximum absolute atomic E-state index is 11.6. The van der Waals surface area contributed by atoms with E-state index in [0.29, 0.717) is 6.54 Å². The third kappa shape index (κ3) is 6.71. The number of piperidine rings is 1. The zero-order chi connectivity index (χ0) is 14.2. The highest BCUT2D eigenvalue weighted by atomic mass is 16.1. The Kier molecular flexibility index (Phi) is 6.80. The van der Waals surface area contributed by atoms with Crippen molar-refractivity contribution in [1.82, 2.24) is 15.5 Å². The smallest absolute Gasteiger partial charge is 0.233 e. The van der Waals surface area contributed by atoms with Gasteiger partial charge in [-0.25, -0.2) is 0 Å². The molecule has 0 unspecified atom stereocenters. The standard InChI is InChI=1S/C16H31N3O/c1-14-6-10-19(11-7-14)9-3-2-8-18-16(20)13-17-12-15-4-5-15/h14-15,17H,2-13H2,1H3,(H,18,20). The highest BCUT2D eigenvalue weighted by Gasteiger charge is 2.20. The van der Waals surface area contributed by atoms with Crippen LogP contribution in [0.4, 0.5) is 0 Å². The fraction of sp³-hybridized carbons (Fsp3) is 0.938. The summed E-state index contributed by atoms with van der Waals surface area (Å²) in [5.74, 6) is 1.90. The first kappa shape index (κ1) is 15.8. The molecule has 2 aliphatic rings. The molecule has 0 aromatic rings. The Morgan fingerprint density at radius 3 is 2.60 bits per heavy atom. The Hall–Kier alpha value is -0.610. The Morgan fingerprint density at radius 1 is 1.15 bits per heavy atom. The van der Waals surface area contributed by atoms with E-state index in [2.05, 4.69) is 22.5 Å². The number of nitrogens with zero attached hydrogens (tertiary/aromatic N) is 1. The molecule has 4 heteroatoms. The number of hydrogen-bond donors (Lipinski definition) is 2. The summed E-state index contributed by atoms with van der Waals surface area (Å²) in [4.78, 5) is 14.1. The summed E-state index contributed by atoms with van der Waals surface area (Å²) >= 11 is 0. The van der Waals surface area contributed by atoms with Crippen molar-refractivity contribution in [2.24, 2.45) is 11.8 Å². The van der Waals surface area contributed by atoms with E-state index in [9.17, 15) is 4.79 Å². The van der Waals surface area contributed by atoms with Gasteiger partial charge in [-0.3, -0.25) is 4.79 Å². The molecule has 0 radical (unpaired) electrons. The lowest BCUT2D eigenvalue weighted by Gasteiger charge is -2.30. The zero-order valence-electron chi connectivity index (χ0n) is 13.0. The van der Waals surface area contributed by atoms with Gasteiger partial charge >= 0.3 is 0 Å². The minimum absolute atomic E-state index is 0.150. The Balaban J connectivity index is 1.38. The number of rotatable bonds is 9. The monoisotopic (exact) mass is 281 g/mol. The predicted octanol–water partition coefficient (Wildman–Crippen LogP) is 1.61. The van der Waals surface area contributed by atoms with Crippen LogP contribution in [0.15, 0.2) is 0 Å². The lowest BCUT2D eigenvalue weighted by atomic mass is 9.99. The number of carbonyl (C=O) groups is 1. The van der Waals surface area contributed by atoms with Crippen LogP contribution in [-0.4, -0.2) is 50.1 Å². The first-order chi connectivity index (χ1) is 9.74. The van der Waals surface area contributed by atoms with Crippen LogP contribution in [0.2, 0.25) is 0 Å². The van der Waals surface area contributed by atoms with Gasteiger partial charge in [-0.1, -0.05) is 6.92 Å². The second-order valence-corrected chi connectivity index (χ2v) is 6.66. The number of nitrogens with one attached hydrogen (secondary N) is 2. The SMILES string of the molecule is CC1CCN(CCCCNC(=O)CNCC2CC2)CC1. The van der Waals surface area contributed by atoms with Gasteiger partial charge in [0.2, 0.25) is 5.91 Å². The minimum atomic E-state index is 0.150. The molecule has 1 aliphatic heterocycles. The van der Waals surface area contributed by atoms with Gasteiger partial charge in [0.05, 0.1) is 6.54 Å². The normalized spacial score (nSPS) is 21.1. The molecule has 0 spiro atoms. The zero-order valence-corrected chi connectivity index (χ0v) is 13.0. The summed E-state index contributed by atoms with van der Waals surface area (Å²) in [6, 6.07) is 0. The van der Waals surface area contributed by atoms with Gasteiger partial charge in [-0.2, -0.15) is 0 Å². The van der Waals surface area contributed by atoms with Gasteiger partial charge in [0.1, 0.15) is 0 Å². The number of carbonyl (C=O) groups excluding carboxylic acids is 1. The summed E-state index contributed by atoms with van der Waals surface area (Å²) in [6.07, 6.45) is 7.67. The number of likely N-dealkylation sites (tertiary alicyclic amines) is 1. The molecule has 20 heavy (non-hydrogen) atoms. The third-order valence-corrected chi connectivity index (χ3v) is 4.52. The van der Waals surface area contributed by atoms with Crippen molar-refractivity contribution in [3.63, 3.8) is 0 Å². The van der Waals surface area contributed by atoms with Crippen molar-refractivity contribution < 1.29 is 4.79 Å². The quantitative estimate of drug-likeness (QED) is 0.631. The molecule has 1 saturated carbocycles. The topological polar surface area (TPSA) is 44.4 Å². The highest BCUT2D eigenvalue weighted by Crippen LogP contribution is 2.27. The van der Waals surface area contributed by atoms with Crippen LogP contribution >= 0.6 is 0 Å². The van der Waals surface area contributed by atoms with Crippen molar-refractivity contribution in [2.75, 3.05) is 39.3 Å². The van der Waals surface area contributed by atoms with Crippen molar-refractivity contribution in [3.8, 4) is 0 Å². The van der Waals surface area contributed by atoms with Crippen LogP contribution in [0.3, 0.4) is 0 Å². The fourth-order valence-electron chi connectivity index (χ4n) is 2.75. The van der Waals surface area contributed by atoms with E-state index in [4.69, 9.17) is 0 Å². The molecular weight excluding hydrogens is 250 g/mol. The van der Waals surface area contributed by atoms with E-state index in [1.807, 2.05) is 0 Å². The van der Waals surface area contributed by atoms with Gasteiger partial charge in [0.25, 0.3) is 0 Å². The highest BCUT2D eigenvalue weighted by molar-refractivity contribution is 5.77. The van der Waals surface area contributed by atoms with E-state index < -0.39 is 0 Å². The van der Waals surface area contributed by atoms with E-state index in [1.54, 1.807) is 0 Å². The van der Waals surface area contributed by atoms with Crippen molar-refractivity contribution >= 4 is 5.91 Å². The van der Waals surface area contributed by atoms with Crippen molar-refractivity contribution in [1.29, 1.82) is 0 Å². The van der Waals surface area contributed by atoms with E-state index in [-0.39, 0.29) is 5.91 Å². The first-order valence-electron chi connectivity index (χ1n) is 8.44. The molecule has 1 heterocycles. The van der Waals surface area contributed by atoms with E-state index in [1.165, 1.54) is 51.7 Å². The summed E-state index contributed by atoms with van der Waals surface area (Å²) in [6.45, 7) is 8.40. The summed E-state index contributed by atoms with van der Waals surface area (Å²) in [5, 5.41) is 6.23. The summed E-state index contributed by atoms with van der Waals surface area (Å²) in [7, 11) is 0. The fourth-order valence-corrected chi connectivity index (χ4v) is 2.75. The molecule has 0 atom stereocenters. The molecular formula is C16H31N3O. The number of amides is 1. The minimum Gasteiger partial charge on any atom is -0.355 e. The van der Waals surface area contributed by atoms with Crippen LogP contribution in [0.5, 0.6) is 0 Å². The van der Waals surface area contributed by atoms with Crippen LogP contribution in [0.25, 0.3) is 0 Å². The van der Waals surface area contributed by atoms with Crippen LogP contribution in [0, 0.1) is 11.8 Å².